The molecule has 0 saturated heterocycles. The fourth-order valence-electron chi connectivity index (χ4n) is 4.89. The van der Waals surface area contributed by atoms with Crippen molar-refractivity contribution in [1.82, 2.24) is 9.88 Å². The van der Waals surface area contributed by atoms with Crippen molar-refractivity contribution in [2.45, 2.75) is 32.1 Å². The van der Waals surface area contributed by atoms with Crippen molar-refractivity contribution in [3.05, 3.63) is 162 Å². The number of aromatic nitrogens is 1. The summed E-state index contributed by atoms with van der Waals surface area (Å²) in [7, 11) is 0. The van der Waals surface area contributed by atoms with E-state index in [1.54, 1.807) is 6.20 Å². The first-order valence-corrected chi connectivity index (χ1v) is 14.6. The lowest BCUT2D eigenvalue weighted by atomic mass is 10.1. The summed E-state index contributed by atoms with van der Waals surface area (Å²) < 4.78 is 6.00. The summed E-state index contributed by atoms with van der Waals surface area (Å²) in [5.41, 5.74) is 5.78. The Balaban J connectivity index is 1.18. The van der Waals surface area contributed by atoms with Gasteiger partial charge in [0.15, 0.2) is 0 Å². The Hall–Kier alpha value is -4.78. The predicted molar refractivity (Wildman–Crippen MR) is 171 cm³/mol. The van der Waals surface area contributed by atoms with Crippen LogP contribution in [0.3, 0.4) is 0 Å². The maximum absolute atomic E-state index is 12.4. The molecule has 1 unspecified atom stereocenters. The summed E-state index contributed by atoms with van der Waals surface area (Å²) >= 11 is 0. The Morgan fingerprint density at radius 2 is 1.51 bits per heavy atom. The first kappa shape index (κ1) is 29.7. The van der Waals surface area contributed by atoms with E-state index in [0.717, 1.165) is 53.3 Å². The Bertz CT molecular complexity index is 1550. The number of nitrogens with one attached hydrogen (secondary N) is 1. The smallest absolute Gasteiger partial charge is 0.230 e. The molecule has 1 heterocycles. The molecule has 4 aromatic carbocycles. The van der Waals surface area contributed by atoms with Gasteiger partial charge in [-0.05, 0) is 65.1 Å². The van der Waals surface area contributed by atoms with Crippen LogP contribution in [0, 0.1) is 0 Å². The van der Waals surface area contributed by atoms with Crippen LogP contribution in [0.2, 0.25) is 0 Å². The maximum Gasteiger partial charge on any atom is 0.230 e. The molecule has 1 atom stereocenters. The lowest BCUT2D eigenvalue weighted by Crippen LogP contribution is -2.30. The number of hydrogen-bond donors (Lipinski definition) is 2. The third kappa shape index (κ3) is 9.64. The molecule has 0 saturated carbocycles. The van der Waals surface area contributed by atoms with Crippen molar-refractivity contribution in [1.29, 1.82) is 0 Å². The van der Waals surface area contributed by atoms with Crippen LogP contribution < -0.4 is 10.1 Å². The highest BCUT2D eigenvalue weighted by Crippen LogP contribution is 2.22. The second-order valence-electron chi connectivity index (χ2n) is 10.6. The van der Waals surface area contributed by atoms with E-state index in [1.165, 1.54) is 5.56 Å². The largest absolute Gasteiger partial charge is 0.489 e. The first-order valence-electron chi connectivity index (χ1n) is 14.6. The number of aliphatic hydroxyl groups is 1. The molecule has 0 fully saturated rings. The van der Waals surface area contributed by atoms with Gasteiger partial charge in [0.2, 0.25) is 5.91 Å². The van der Waals surface area contributed by atoms with Gasteiger partial charge in [-0.3, -0.25) is 14.7 Å². The van der Waals surface area contributed by atoms with Crippen molar-refractivity contribution >= 4 is 11.6 Å². The van der Waals surface area contributed by atoms with Gasteiger partial charge in [-0.25, -0.2) is 0 Å². The average Bonchev–Trinajstić information content (AvgIpc) is 3.05. The Morgan fingerprint density at radius 1 is 0.791 bits per heavy atom. The quantitative estimate of drug-likeness (QED) is 0.157. The molecule has 5 aromatic rings. The highest BCUT2D eigenvalue weighted by atomic mass is 16.5. The SMILES string of the molecule is O=C(Cc1ccccn1)Nc1ccc(CCN(Cc2ccccc2)CC(O)c2cccc(OCc3ccccc3)c2)cc1. The zero-order valence-electron chi connectivity index (χ0n) is 24.2. The summed E-state index contributed by atoms with van der Waals surface area (Å²) in [6, 6.07) is 41.6. The molecule has 218 valence electrons. The van der Waals surface area contributed by atoms with Gasteiger partial charge in [0, 0.05) is 37.2 Å². The number of pyridine rings is 1. The van der Waals surface area contributed by atoms with Crippen LogP contribution in [0.5, 0.6) is 5.75 Å². The van der Waals surface area contributed by atoms with Crippen molar-refractivity contribution in [3.8, 4) is 5.75 Å². The van der Waals surface area contributed by atoms with E-state index in [9.17, 15) is 9.90 Å². The van der Waals surface area contributed by atoms with Crippen LogP contribution in [0.4, 0.5) is 5.69 Å². The number of benzene rings is 4. The molecule has 6 nitrogen and oxygen atoms in total. The number of nitrogens with zero attached hydrogens (tertiary/aromatic N) is 2. The van der Waals surface area contributed by atoms with E-state index >= 15 is 0 Å². The van der Waals surface area contributed by atoms with Crippen LogP contribution >= 0.6 is 0 Å². The number of rotatable bonds is 14. The molecule has 43 heavy (non-hydrogen) atoms. The number of hydrogen-bond acceptors (Lipinski definition) is 5. The number of amides is 1. The standard InChI is InChI=1S/C37H37N3O3/c41-36(32-14-9-16-35(24-32)43-28-31-12-5-2-6-13-31)27-40(26-30-10-3-1-4-11-30)23-21-29-17-19-33(20-18-29)39-37(42)25-34-15-7-8-22-38-34/h1-20,22,24,36,41H,21,23,25-28H2,(H,39,42). The molecule has 5 rings (SSSR count). The molecule has 6 heteroatoms. The summed E-state index contributed by atoms with van der Waals surface area (Å²) in [4.78, 5) is 18.9. The van der Waals surface area contributed by atoms with E-state index in [2.05, 4.69) is 27.3 Å². The Kier molecular flexibility index (Phi) is 10.7. The van der Waals surface area contributed by atoms with E-state index < -0.39 is 6.10 Å². The topological polar surface area (TPSA) is 74.7 Å². The van der Waals surface area contributed by atoms with Gasteiger partial charge < -0.3 is 15.2 Å². The van der Waals surface area contributed by atoms with Gasteiger partial charge in [0.25, 0.3) is 0 Å². The van der Waals surface area contributed by atoms with Crippen LogP contribution in [0.15, 0.2) is 134 Å². The van der Waals surface area contributed by atoms with Gasteiger partial charge in [-0.15, -0.1) is 0 Å². The van der Waals surface area contributed by atoms with Gasteiger partial charge in [0.1, 0.15) is 12.4 Å². The molecule has 0 aliphatic rings. The minimum Gasteiger partial charge on any atom is -0.489 e. The van der Waals surface area contributed by atoms with Gasteiger partial charge >= 0.3 is 0 Å². The van der Waals surface area contributed by atoms with Crippen LogP contribution in [-0.2, 0) is 30.8 Å². The minimum atomic E-state index is -0.666. The summed E-state index contributed by atoms with van der Waals surface area (Å²) in [6.45, 7) is 2.46. The van der Waals surface area contributed by atoms with Crippen LogP contribution in [0.1, 0.15) is 34.1 Å². The fourth-order valence-corrected chi connectivity index (χ4v) is 4.89. The zero-order chi connectivity index (χ0) is 29.7. The minimum absolute atomic E-state index is 0.0935. The molecule has 2 N–H and O–H groups in total. The molecular weight excluding hydrogens is 534 g/mol. The fraction of sp³-hybridized carbons (Fsp3) is 0.189. The second-order valence-corrected chi connectivity index (χ2v) is 10.6. The molecule has 0 bridgehead atoms. The van der Waals surface area contributed by atoms with E-state index in [-0.39, 0.29) is 12.3 Å². The number of carbonyl (C=O) groups is 1. The lowest BCUT2D eigenvalue weighted by molar-refractivity contribution is -0.115. The van der Waals surface area contributed by atoms with Crippen molar-refractivity contribution in [2.75, 3.05) is 18.4 Å². The molecule has 1 amide bonds. The summed E-state index contributed by atoms with van der Waals surface area (Å²) in [5.74, 6) is 0.645. The van der Waals surface area contributed by atoms with Crippen molar-refractivity contribution < 1.29 is 14.6 Å². The first-order chi connectivity index (χ1) is 21.1. The van der Waals surface area contributed by atoms with Gasteiger partial charge in [-0.2, -0.15) is 0 Å². The molecule has 0 aliphatic carbocycles. The molecule has 1 aromatic heterocycles. The monoisotopic (exact) mass is 571 g/mol. The molecule has 0 aliphatic heterocycles. The number of carbonyl (C=O) groups excluding carboxylic acids is 1. The molecule has 0 radical (unpaired) electrons. The molecular formula is C37H37N3O3. The van der Waals surface area contributed by atoms with E-state index in [1.807, 2.05) is 115 Å². The van der Waals surface area contributed by atoms with Crippen LogP contribution in [0.25, 0.3) is 0 Å². The van der Waals surface area contributed by atoms with Crippen LogP contribution in [-0.4, -0.2) is 34.0 Å². The average molecular weight is 572 g/mol. The van der Waals surface area contributed by atoms with Gasteiger partial charge in [0.05, 0.1) is 12.5 Å². The summed E-state index contributed by atoms with van der Waals surface area (Å²) in [5, 5.41) is 14.2. The van der Waals surface area contributed by atoms with E-state index in [0.29, 0.717) is 13.2 Å². The lowest BCUT2D eigenvalue weighted by Gasteiger charge is -2.26. The van der Waals surface area contributed by atoms with Gasteiger partial charge in [-0.1, -0.05) is 91.0 Å². The highest BCUT2D eigenvalue weighted by Gasteiger charge is 2.15. The predicted octanol–water partition coefficient (Wildman–Crippen LogP) is 6.62. The van der Waals surface area contributed by atoms with E-state index in [4.69, 9.17) is 4.74 Å². The highest BCUT2D eigenvalue weighted by molar-refractivity contribution is 5.92. The van der Waals surface area contributed by atoms with Crippen molar-refractivity contribution in [3.63, 3.8) is 0 Å². The number of anilines is 1. The third-order valence-corrected chi connectivity index (χ3v) is 7.19. The van der Waals surface area contributed by atoms with Crippen molar-refractivity contribution in [2.24, 2.45) is 0 Å². The third-order valence-electron chi connectivity index (χ3n) is 7.19. The molecule has 0 spiro atoms. The number of ether oxygens (including phenoxy) is 1. The Labute approximate surface area is 253 Å². The Morgan fingerprint density at radius 3 is 2.23 bits per heavy atom. The second kappa shape index (κ2) is 15.4. The number of aliphatic hydroxyl groups excluding tert-OH is 1. The maximum atomic E-state index is 12.4. The normalized spacial score (nSPS) is 11.7. The zero-order valence-corrected chi connectivity index (χ0v) is 24.2. The summed E-state index contributed by atoms with van der Waals surface area (Å²) in [6.07, 6.45) is 2.07.